The fourth-order valence-corrected chi connectivity index (χ4v) is 2.25. The number of nitrogens with zero attached hydrogens (tertiary/aromatic N) is 1. The Morgan fingerprint density at radius 1 is 1.05 bits per heavy atom. The quantitative estimate of drug-likeness (QED) is 0.834. The van der Waals surface area contributed by atoms with Crippen LogP contribution in [0.15, 0.2) is 53.3 Å². The van der Waals surface area contributed by atoms with Crippen LogP contribution in [-0.2, 0) is 0 Å². The fourth-order valence-electron chi connectivity index (χ4n) is 2.02. The number of carbonyl (C=O) groups is 2. The predicted molar refractivity (Wildman–Crippen MR) is 77.5 cm³/mol. The van der Waals surface area contributed by atoms with E-state index in [0.717, 1.165) is 0 Å². The van der Waals surface area contributed by atoms with Gasteiger partial charge in [-0.25, -0.2) is 0 Å². The van der Waals surface area contributed by atoms with Gasteiger partial charge in [0.05, 0.1) is 5.56 Å². The Labute approximate surface area is 124 Å². The number of pyridine rings is 1. The lowest BCUT2D eigenvalue weighted by atomic mass is 9.97. The first kappa shape index (κ1) is 13.3. The molecular weight excluding hydrogens is 292 g/mol. The molecule has 0 saturated carbocycles. The number of nitrogens with one attached hydrogen (secondary N) is 1. The van der Waals surface area contributed by atoms with E-state index in [2.05, 4.69) is 10.3 Å². The van der Waals surface area contributed by atoms with Gasteiger partial charge in [-0.15, -0.1) is 0 Å². The second-order valence-corrected chi connectivity index (χ2v) is 4.80. The third-order valence-corrected chi connectivity index (χ3v) is 3.41. The average molecular weight is 301 g/mol. The summed E-state index contributed by atoms with van der Waals surface area (Å²) in [5.74, 6) is -0.789. The Kier molecular flexibility index (Phi) is 3.19. The molecule has 1 aliphatic rings. The van der Waals surface area contributed by atoms with Crippen molar-refractivity contribution in [2.45, 2.75) is 0 Å². The molecule has 0 atom stereocenters. The van der Waals surface area contributed by atoms with Crippen molar-refractivity contribution in [1.29, 1.82) is 0 Å². The van der Waals surface area contributed by atoms with Gasteiger partial charge in [0.15, 0.2) is 0 Å². The second kappa shape index (κ2) is 5.03. The third-order valence-electron chi connectivity index (χ3n) is 3.05. The standard InChI is InChI=1S/C15H9ClN2O3/c16-11-13(18-8-3-5-9(19)6-4-8)15(21)12-10(14(11)20)2-1-7-17-12/h1-7,18-19H. The van der Waals surface area contributed by atoms with Gasteiger partial charge in [-0.3, -0.25) is 14.6 Å². The SMILES string of the molecule is O=C1C(Cl)=C(Nc2ccc(O)cc2)C(=O)c2ncccc21. The molecule has 1 aromatic carbocycles. The number of phenolic OH excluding ortho intramolecular Hbond substituents is 1. The number of phenols is 1. The molecule has 1 aromatic heterocycles. The summed E-state index contributed by atoms with van der Waals surface area (Å²) in [5, 5.41) is 11.9. The van der Waals surface area contributed by atoms with Gasteiger partial charge in [0.1, 0.15) is 22.2 Å². The number of rotatable bonds is 2. The van der Waals surface area contributed by atoms with Crippen molar-refractivity contribution in [1.82, 2.24) is 4.98 Å². The smallest absolute Gasteiger partial charge is 0.229 e. The van der Waals surface area contributed by atoms with E-state index in [1.807, 2.05) is 0 Å². The van der Waals surface area contributed by atoms with E-state index in [0.29, 0.717) is 5.69 Å². The first-order valence-electron chi connectivity index (χ1n) is 6.08. The minimum atomic E-state index is -0.444. The maximum absolute atomic E-state index is 12.4. The Bertz CT molecular complexity index is 782. The molecule has 1 aliphatic carbocycles. The number of halogens is 1. The highest BCUT2D eigenvalue weighted by Crippen LogP contribution is 2.28. The van der Waals surface area contributed by atoms with Crippen LogP contribution in [0, 0.1) is 0 Å². The summed E-state index contributed by atoms with van der Waals surface area (Å²) < 4.78 is 0. The van der Waals surface area contributed by atoms with Gasteiger partial charge in [-0.05, 0) is 36.4 Å². The summed E-state index contributed by atoms with van der Waals surface area (Å²) in [5.41, 5.74) is 0.789. The molecule has 0 aliphatic heterocycles. The molecule has 0 saturated heterocycles. The van der Waals surface area contributed by atoms with Gasteiger partial charge in [0.25, 0.3) is 0 Å². The molecule has 2 N–H and O–H groups in total. The van der Waals surface area contributed by atoms with Gasteiger partial charge in [0.2, 0.25) is 11.6 Å². The van der Waals surface area contributed by atoms with E-state index < -0.39 is 11.6 Å². The predicted octanol–water partition coefficient (Wildman–Crippen LogP) is 2.73. The largest absolute Gasteiger partial charge is 0.508 e. The Balaban J connectivity index is 2.02. The van der Waals surface area contributed by atoms with E-state index in [-0.39, 0.29) is 27.7 Å². The molecule has 0 bridgehead atoms. The van der Waals surface area contributed by atoms with Crippen molar-refractivity contribution in [2.24, 2.45) is 0 Å². The van der Waals surface area contributed by atoms with Crippen molar-refractivity contribution < 1.29 is 14.7 Å². The zero-order chi connectivity index (χ0) is 15.0. The number of Topliss-reactive ketones (excluding diaryl/α,β-unsaturated/α-hetero) is 2. The van der Waals surface area contributed by atoms with E-state index in [9.17, 15) is 14.7 Å². The monoisotopic (exact) mass is 300 g/mol. The summed E-state index contributed by atoms with van der Waals surface area (Å²) >= 11 is 6.01. The first-order chi connectivity index (χ1) is 10.1. The van der Waals surface area contributed by atoms with E-state index in [1.165, 1.54) is 24.4 Å². The molecule has 0 unspecified atom stereocenters. The zero-order valence-electron chi connectivity index (χ0n) is 10.6. The second-order valence-electron chi connectivity index (χ2n) is 4.42. The van der Waals surface area contributed by atoms with Crippen molar-refractivity contribution in [3.05, 3.63) is 64.6 Å². The molecule has 6 heteroatoms. The third kappa shape index (κ3) is 2.28. The molecule has 0 amide bonds. The zero-order valence-corrected chi connectivity index (χ0v) is 11.4. The molecular formula is C15H9ClN2O3. The fraction of sp³-hybridized carbons (Fsp3) is 0. The summed E-state index contributed by atoms with van der Waals surface area (Å²) in [6, 6.07) is 9.14. The molecule has 0 spiro atoms. The number of benzene rings is 1. The van der Waals surface area contributed by atoms with Crippen LogP contribution in [0.2, 0.25) is 0 Å². The van der Waals surface area contributed by atoms with Gasteiger partial charge >= 0.3 is 0 Å². The number of allylic oxidation sites excluding steroid dienone is 2. The molecule has 0 fully saturated rings. The molecule has 2 aromatic rings. The highest BCUT2D eigenvalue weighted by Gasteiger charge is 2.32. The van der Waals surface area contributed by atoms with Crippen LogP contribution in [0.25, 0.3) is 0 Å². The molecule has 1 heterocycles. The molecule has 3 rings (SSSR count). The van der Waals surface area contributed by atoms with E-state index >= 15 is 0 Å². The number of anilines is 1. The van der Waals surface area contributed by atoms with Crippen LogP contribution in [0.5, 0.6) is 5.75 Å². The van der Waals surface area contributed by atoms with Crippen LogP contribution in [0.1, 0.15) is 20.8 Å². The van der Waals surface area contributed by atoms with Crippen LogP contribution in [0.3, 0.4) is 0 Å². The number of aromatic nitrogens is 1. The van der Waals surface area contributed by atoms with E-state index in [4.69, 9.17) is 11.6 Å². The van der Waals surface area contributed by atoms with Crippen molar-refractivity contribution >= 4 is 28.9 Å². The lowest BCUT2D eigenvalue weighted by Crippen LogP contribution is -2.25. The Hall–Kier alpha value is -2.66. The van der Waals surface area contributed by atoms with Crippen LogP contribution < -0.4 is 5.32 Å². The summed E-state index contributed by atoms with van der Waals surface area (Å²) in [7, 11) is 0. The highest BCUT2D eigenvalue weighted by atomic mass is 35.5. The van der Waals surface area contributed by atoms with Crippen LogP contribution in [0.4, 0.5) is 5.69 Å². The number of fused-ring (bicyclic) bond motifs is 1. The van der Waals surface area contributed by atoms with Crippen LogP contribution in [-0.4, -0.2) is 21.7 Å². The average Bonchev–Trinajstić information content (AvgIpc) is 2.51. The van der Waals surface area contributed by atoms with Gasteiger partial charge in [0, 0.05) is 11.9 Å². The minimum Gasteiger partial charge on any atom is -0.508 e. The van der Waals surface area contributed by atoms with Crippen molar-refractivity contribution in [3.8, 4) is 5.75 Å². The topological polar surface area (TPSA) is 79.3 Å². The first-order valence-corrected chi connectivity index (χ1v) is 6.46. The van der Waals surface area contributed by atoms with Crippen molar-refractivity contribution in [3.63, 3.8) is 0 Å². The molecule has 0 radical (unpaired) electrons. The molecule has 5 nitrogen and oxygen atoms in total. The lowest BCUT2D eigenvalue weighted by Gasteiger charge is -2.18. The Morgan fingerprint density at radius 2 is 1.76 bits per heavy atom. The van der Waals surface area contributed by atoms with Gasteiger partial charge in [-0.2, -0.15) is 0 Å². The molecule has 104 valence electrons. The van der Waals surface area contributed by atoms with Crippen molar-refractivity contribution in [2.75, 3.05) is 5.32 Å². The number of hydrogen-bond acceptors (Lipinski definition) is 5. The summed E-state index contributed by atoms with van der Waals surface area (Å²) in [6.07, 6.45) is 1.45. The summed E-state index contributed by atoms with van der Waals surface area (Å²) in [6.45, 7) is 0. The Morgan fingerprint density at radius 3 is 2.48 bits per heavy atom. The number of ketones is 2. The lowest BCUT2D eigenvalue weighted by molar-refractivity contribution is 0.0978. The normalized spacial score (nSPS) is 14.1. The van der Waals surface area contributed by atoms with E-state index in [1.54, 1.807) is 18.2 Å². The minimum absolute atomic E-state index is 0.0152. The maximum Gasteiger partial charge on any atom is 0.229 e. The number of hydrogen-bond donors (Lipinski definition) is 2. The van der Waals surface area contributed by atoms with Gasteiger partial charge < -0.3 is 10.4 Å². The number of carbonyl (C=O) groups excluding carboxylic acids is 2. The van der Waals surface area contributed by atoms with Crippen LogP contribution >= 0.6 is 11.6 Å². The summed E-state index contributed by atoms with van der Waals surface area (Å²) in [4.78, 5) is 28.5. The molecule has 21 heavy (non-hydrogen) atoms. The number of aromatic hydroxyl groups is 1. The van der Waals surface area contributed by atoms with Gasteiger partial charge in [-0.1, -0.05) is 11.6 Å². The highest BCUT2D eigenvalue weighted by molar-refractivity contribution is 6.50. The maximum atomic E-state index is 12.4.